The summed E-state index contributed by atoms with van der Waals surface area (Å²) >= 11 is 0. The van der Waals surface area contributed by atoms with Gasteiger partial charge in [0.15, 0.2) is 0 Å². The minimum atomic E-state index is -0.703. The molecule has 1 aliphatic rings. The number of H-pyrrole nitrogens is 1. The second-order valence-corrected chi connectivity index (χ2v) is 4.07. The summed E-state index contributed by atoms with van der Waals surface area (Å²) in [6, 6.07) is 4.04. The average Bonchev–Trinajstić information content (AvgIpc) is 2.89. The molecule has 0 aromatic carbocycles. The normalized spacial score (nSPS) is 16.8. The Morgan fingerprint density at radius 1 is 1.73 bits per heavy atom. The SMILES string of the molecule is CN(Cc1cc[nH]c1)C(=O)C1(C#N)CC1. The number of aromatic nitrogens is 1. The van der Waals surface area contributed by atoms with Gasteiger partial charge in [-0.25, -0.2) is 0 Å². The first kappa shape index (κ1) is 9.78. The highest BCUT2D eigenvalue weighted by Gasteiger charge is 2.51. The lowest BCUT2D eigenvalue weighted by Gasteiger charge is -2.18. The summed E-state index contributed by atoms with van der Waals surface area (Å²) in [6.45, 7) is 0.561. The van der Waals surface area contributed by atoms with E-state index < -0.39 is 5.41 Å². The van der Waals surface area contributed by atoms with Crippen LogP contribution >= 0.6 is 0 Å². The quantitative estimate of drug-likeness (QED) is 0.804. The first-order valence-corrected chi connectivity index (χ1v) is 4.96. The Morgan fingerprint density at radius 3 is 2.93 bits per heavy atom. The van der Waals surface area contributed by atoms with E-state index in [1.165, 1.54) is 0 Å². The highest BCUT2D eigenvalue weighted by atomic mass is 16.2. The summed E-state index contributed by atoms with van der Waals surface area (Å²) in [6.07, 6.45) is 5.10. The van der Waals surface area contributed by atoms with Gasteiger partial charge in [0.1, 0.15) is 5.41 Å². The molecule has 0 atom stereocenters. The van der Waals surface area contributed by atoms with Gasteiger partial charge in [-0.15, -0.1) is 0 Å². The minimum Gasteiger partial charge on any atom is -0.367 e. The molecule has 0 radical (unpaired) electrons. The van der Waals surface area contributed by atoms with Crippen LogP contribution in [0.1, 0.15) is 18.4 Å². The fourth-order valence-electron chi connectivity index (χ4n) is 1.67. The highest BCUT2D eigenvalue weighted by molar-refractivity contribution is 5.88. The molecule has 1 saturated carbocycles. The van der Waals surface area contributed by atoms with Gasteiger partial charge in [-0.3, -0.25) is 4.79 Å². The van der Waals surface area contributed by atoms with Gasteiger partial charge < -0.3 is 9.88 Å². The summed E-state index contributed by atoms with van der Waals surface area (Å²) in [4.78, 5) is 16.4. The summed E-state index contributed by atoms with van der Waals surface area (Å²) in [5.74, 6) is -0.0498. The number of hydrogen-bond donors (Lipinski definition) is 1. The lowest BCUT2D eigenvalue weighted by Crippen LogP contribution is -2.32. The first-order chi connectivity index (χ1) is 7.18. The number of amides is 1. The van der Waals surface area contributed by atoms with Crippen molar-refractivity contribution in [3.63, 3.8) is 0 Å². The zero-order chi connectivity index (χ0) is 10.9. The Morgan fingerprint density at radius 2 is 2.47 bits per heavy atom. The van der Waals surface area contributed by atoms with E-state index in [-0.39, 0.29) is 5.91 Å². The third kappa shape index (κ3) is 1.73. The molecule has 0 spiro atoms. The Hall–Kier alpha value is -1.76. The van der Waals surface area contributed by atoms with Crippen molar-refractivity contribution in [3.05, 3.63) is 24.0 Å². The number of carbonyl (C=O) groups is 1. The predicted molar refractivity (Wildman–Crippen MR) is 54.5 cm³/mol. The molecule has 1 heterocycles. The van der Waals surface area contributed by atoms with Gasteiger partial charge in [-0.2, -0.15) is 5.26 Å². The van der Waals surface area contributed by atoms with Crippen molar-refractivity contribution in [2.75, 3.05) is 7.05 Å². The summed E-state index contributed by atoms with van der Waals surface area (Å²) in [5, 5.41) is 8.90. The van der Waals surface area contributed by atoms with Crippen molar-refractivity contribution in [2.24, 2.45) is 5.41 Å². The van der Waals surface area contributed by atoms with Crippen molar-refractivity contribution in [2.45, 2.75) is 19.4 Å². The summed E-state index contributed by atoms with van der Waals surface area (Å²) in [5.41, 5.74) is 0.352. The van der Waals surface area contributed by atoms with Crippen LogP contribution in [0.5, 0.6) is 0 Å². The van der Waals surface area contributed by atoms with Crippen molar-refractivity contribution in [1.82, 2.24) is 9.88 Å². The van der Waals surface area contributed by atoms with Gasteiger partial charge in [-0.1, -0.05) is 0 Å². The molecular formula is C11H13N3O. The van der Waals surface area contributed by atoms with E-state index in [0.29, 0.717) is 19.4 Å². The molecule has 15 heavy (non-hydrogen) atoms. The van der Waals surface area contributed by atoms with Crippen molar-refractivity contribution >= 4 is 5.91 Å². The van der Waals surface area contributed by atoms with Gasteiger partial charge in [0.05, 0.1) is 6.07 Å². The van der Waals surface area contributed by atoms with Crippen LogP contribution in [0, 0.1) is 16.7 Å². The van der Waals surface area contributed by atoms with E-state index in [1.54, 1.807) is 11.9 Å². The van der Waals surface area contributed by atoms with E-state index in [2.05, 4.69) is 11.1 Å². The van der Waals surface area contributed by atoms with Crippen LogP contribution in [0.15, 0.2) is 18.5 Å². The zero-order valence-electron chi connectivity index (χ0n) is 8.66. The summed E-state index contributed by atoms with van der Waals surface area (Å²) in [7, 11) is 1.74. The molecule has 1 N–H and O–H groups in total. The minimum absolute atomic E-state index is 0.0498. The van der Waals surface area contributed by atoms with Crippen molar-refractivity contribution < 1.29 is 4.79 Å². The van der Waals surface area contributed by atoms with Crippen molar-refractivity contribution in [1.29, 1.82) is 5.26 Å². The standard InChI is InChI=1S/C11H13N3O/c1-14(7-9-2-5-13-6-9)10(15)11(8-12)3-4-11/h2,5-6,13H,3-4,7H2,1H3. The average molecular weight is 203 g/mol. The first-order valence-electron chi connectivity index (χ1n) is 4.96. The highest BCUT2D eigenvalue weighted by Crippen LogP contribution is 2.46. The number of nitriles is 1. The van der Waals surface area contributed by atoms with Gasteiger partial charge in [0.2, 0.25) is 5.91 Å². The molecule has 4 nitrogen and oxygen atoms in total. The molecule has 1 aromatic rings. The van der Waals surface area contributed by atoms with Gasteiger partial charge in [-0.05, 0) is 24.5 Å². The van der Waals surface area contributed by atoms with E-state index >= 15 is 0 Å². The van der Waals surface area contributed by atoms with E-state index in [9.17, 15) is 4.79 Å². The lowest BCUT2D eigenvalue weighted by molar-refractivity contribution is -0.134. The van der Waals surface area contributed by atoms with Gasteiger partial charge >= 0.3 is 0 Å². The molecule has 0 saturated heterocycles. The molecular weight excluding hydrogens is 190 g/mol. The molecule has 2 rings (SSSR count). The summed E-state index contributed by atoms with van der Waals surface area (Å²) < 4.78 is 0. The van der Waals surface area contributed by atoms with Gasteiger partial charge in [0, 0.05) is 26.0 Å². The van der Waals surface area contributed by atoms with Crippen LogP contribution < -0.4 is 0 Å². The van der Waals surface area contributed by atoms with Crippen LogP contribution in [0.25, 0.3) is 0 Å². The van der Waals surface area contributed by atoms with E-state index in [1.807, 2.05) is 18.5 Å². The lowest BCUT2D eigenvalue weighted by atomic mass is 10.1. The molecule has 1 aromatic heterocycles. The third-order valence-electron chi connectivity index (χ3n) is 2.80. The Bertz CT molecular complexity index is 398. The maximum absolute atomic E-state index is 11.9. The zero-order valence-corrected chi connectivity index (χ0v) is 8.66. The number of carbonyl (C=O) groups excluding carboxylic acids is 1. The van der Waals surface area contributed by atoms with Crippen LogP contribution in [-0.4, -0.2) is 22.8 Å². The monoisotopic (exact) mass is 203 g/mol. The molecule has 78 valence electrons. The maximum Gasteiger partial charge on any atom is 0.243 e. The fraction of sp³-hybridized carbons (Fsp3) is 0.455. The molecule has 1 fully saturated rings. The van der Waals surface area contributed by atoms with E-state index in [4.69, 9.17) is 5.26 Å². The topological polar surface area (TPSA) is 59.9 Å². The number of nitrogens with zero attached hydrogens (tertiary/aromatic N) is 2. The Kier molecular flexibility index (Phi) is 2.24. The van der Waals surface area contributed by atoms with Crippen LogP contribution in [0.2, 0.25) is 0 Å². The molecule has 0 unspecified atom stereocenters. The number of hydrogen-bond acceptors (Lipinski definition) is 2. The second-order valence-electron chi connectivity index (χ2n) is 4.07. The largest absolute Gasteiger partial charge is 0.367 e. The van der Waals surface area contributed by atoms with Crippen LogP contribution in [0.4, 0.5) is 0 Å². The maximum atomic E-state index is 11.9. The molecule has 1 amide bonds. The smallest absolute Gasteiger partial charge is 0.243 e. The predicted octanol–water partition coefficient (Wildman–Crippen LogP) is 1.28. The van der Waals surface area contributed by atoms with Crippen LogP contribution in [-0.2, 0) is 11.3 Å². The molecule has 1 aliphatic carbocycles. The molecule has 0 aliphatic heterocycles. The number of nitrogens with one attached hydrogen (secondary N) is 1. The van der Waals surface area contributed by atoms with E-state index in [0.717, 1.165) is 5.56 Å². The number of aromatic amines is 1. The van der Waals surface area contributed by atoms with Crippen LogP contribution in [0.3, 0.4) is 0 Å². The molecule has 4 heteroatoms. The molecule has 0 bridgehead atoms. The third-order valence-corrected chi connectivity index (χ3v) is 2.80. The Labute approximate surface area is 88.5 Å². The second kappa shape index (κ2) is 3.43. The van der Waals surface area contributed by atoms with Crippen molar-refractivity contribution in [3.8, 4) is 6.07 Å². The van der Waals surface area contributed by atoms with Gasteiger partial charge in [0.25, 0.3) is 0 Å². The number of rotatable bonds is 3. The fourth-order valence-corrected chi connectivity index (χ4v) is 1.67. The Balaban J connectivity index is 2.00.